The van der Waals surface area contributed by atoms with Crippen molar-refractivity contribution < 1.29 is 18.8 Å². The molecule has 0 fully saturated rings. The van der Waals surface area contributed by atoms with E-state index in [0.29, 0.717) is 23.6 Å². The van der Waals surface area contributed by atoms with Crippen molar-refractivity contribution in [3.63, 3.8) is 0 Å². The first-order valence-electron chi connectivity index (χ1n) is 7.83. The lowest BCUT2D eigenvalue weighted by atomic mass is 10.1. The minimum Gasteiger partial charge on any atom is -0.489 e. The van der Waals surface area contributed by atoms with Gasteiger partial charge in [0.2, 0.25) is 0 Å². The van der Waals surface area contributed by atoms with E-state index in [-0.39, 0.29) is 12.3 Å². The number of hydrogen-bond acceptors (Lipinski definition) is 7. The van der Waals surface area contributed by atoms with Gasteiger partial charge in [-0.05, 0) is 32.9 Å². The number of aromatic amines is 1. The van der Waals surface area contributed by atoms with Crippen LogP contribution in [0.4, 0.5) is 0 Å². The van der Waals surface area contributed by atoms with Crippen LogP contribution in [0.25, 0.3) is 11.3 Å². The molecule has 0 aliphatic heterocycles. The van der Waals surface area contributed by atoms with Crippen LogP contribution in [0, 0.1) is 13.8 Å². The number of hydrogen-bond donors (Lipinski definition) is 1. The standard InChI is InChI=1S/C17H18N4O4/c1-4-23-17(22)16-15(18-21-19-16)12-6-5-7-13(8-12)24-9-14-10(2)20-25-11(14)3/h5-8H,4,9H2,1-3H3,(H,18,19,21). The molecule has 0 bridgehead atoms. The van der Waals surface area contributed by atoms with Crippen LogP contribution in [0.3, 0.4) is 0 Å². The molecule has 3 rings (SSSR count). The third-order valence-corrected chi connectivity index (χ3v) is 3.69. The van der Waals surface area contributed by atoms with Gasteiger partial charge in [0.05, 0.1) is 17.9 Å². The number of aryl methyl sites for hydroxylation is 2. The van der Waals surface area contributed by atoms with Crippen molar-refractivity contribution in [3.8, 4) is 17.0 Å². The minimum atomic E-state index is -0.520. The maximum atomic E-state index is 11.9. The van der Waals surface area contributed by atoms with E-state index in [2.05, 4.69) is 20.6 Å². The minimum absolute atomic E-state index is 0.143. The number of esters is 1. The highest BCUT2D eigenvalue weighted by Crippen LogP contribution is 2.25. The Balaban J connectivity index is 1.81. The molecule has 0 saturated carbocycles. The molecule has 8 heteroatoms. The van der Waals surface area contributed by atoms with Crippen LogP contribution in [0.2, 0.25) is 0 Å². The van der Waals surface area contributed by atoms with Crippen molar-refractivity contribution in [1.82, 2.24) is 20.6 Å². The molecule has 2 aromatic heterocycles. The molecular formula is C17H18N4O4. The normalized spacial score (nSPS) is 10.7. The predicted molar refractivity (Wildman–Crippen MR) is 88.1 cm³/mol. The van der Waals surface area contributed by atoms with E-state index in [4.69, 9.17) is 14.0 Å². The molecule has 130 valence electrons. The molecule has 1 N–H and O–H groups in total. The second kappa shape index (κ2) is 7.16. The van der Waals surface area contributed by atoms with Crippen molar-refractivity contribution in [1.29, 1.82) is 0 Å². The largest absolute Gasteiger partial charge is 0.489 e. The average Bonchev–Trinajstić information content (AvgIpc) is 3.21. The first kappa shape index (κ1) is 16.7. The van der Waals surface area contributed by atoms with Gasteiger partial charge in [0.25, 0.3) is 0 Å². The Kier molecular flexibility index (Phi) is 4.78. The topological polar surface area (TPSA) is 103 Å². The Labute approximate surface area is 144 Å². The highest BCUT2D eigenvalue weighted by molar-refractivity contribution is 5.93. The van der Waals surface area contributed by atoms with Crippen molar-refractivity contribution in [2.45, 2.75) is 27.4 Å². The number of benzene rings is 1. The summed E-state index contributed by atoms with van der Waals surface area (Å²) >= 11 is 0. The van der Waals surface area contributed by atoms with Crippen LogP contribution in [-0.2, 0) is 11.3 Å². The molecule has 0 aliphatic rings. The summed E-state index contributed by atoms with van der Waals surface area (Å²) in [4.78, 5) is 11.9. The number of ether oxygens (including phenoxy) is 2. The van der Waals surface area contributed by atoms with E-state index in [0.717, 1.165) is 17.0 Å². The van der Waals surface area contributed by atoms with Gasteiger partial charge in [-0.1, -0.05) is 17.3 Å². The molecule has 2 heterocycles. The molecule has 0 atom stereocenters. The van der Waals surface area contributed by atoms with E-state index >= 15 is 0 Å². The molecule has 0 spiro atoms. The monoisotopic (exact) mass is 342 g/mol. The fourth-order valence-electron chi connectivity index (χ4n) is 2.37. The maximum absolute atomic E-state index is 11.9. The Hall–Kier alpha value is -3.16. The summed E-state index contributed by atoms with van der Waals surface area (Å²) in [5.74, 6) is 0.846. The van der Waals surface area contributed by atoms with Crippen molar-refractivity contribution in [3.05, 3.63) is 47.0 Å². The van der Waals surface area contributed by atoms with E-state index < -0.39 is 5.97 Å². The maximum Gasteiger partial charge on any atom is 0.361 e. The first-order valence-corrected chi connectivity index (χ1v) is 7.83. The lowest BCUT2D eigenvalue weighted by Crippen LogP contribution is -2.06. The van der Waals surface area contributed by atoms with Crippen molar-refractivity contribution >= 4 is 5.97 Å². The van der Waals surface area contributed by atoms with Crippen LogP contribution >= 0.6 is 0 Å². The molecule has 0 aliphatic carbocycles. The Morgan fingerprint density at radius 3 is 2.84 bits per heavy atom. The molecular weight excluding hydrogens is 324 g/mol. The predicted octanol–water partition coefficient (Wildman–Crippen LogP) is 2.83. The van der Waals surface area contributed by atoms with Crippen LogP contribution in [0.1, 0.15) is 34.4 Å². The number of rotatable bonds is 6. The fraction of sp³-hybridized carbons (Fsp3) is 0.294. The number of carbonyl (C=O) groups is 1. The molecule has 0 saturated heterocycles. The van der Waals surface area contributed by atoms with Crippen LogP contribution in [-0.4, -0.2) is 33.1 Å². The van der Waals surface area contributed by atoms with Gasteiger partial charge in [-0.2, -0.15) is 10.3 Å². The van der Waals surface area contributed by atoms with Gasteiger partial charge in [-0.25, -0.2) is 4.79 Å². The second-order valence-electron chi connectivity index (χ2n) is 5.36. The molecule has 3 aromatic rings. The Morgan fingerprint density at radius 1 is 1.28 bits per heavy atom. The van der Waals surface area contributed by atoms with E-state index in [1.165, 1.54) is 0 Å². The van der Waals surface area contributed by atoms with Crippen LogP contribution < -0.4 is 4.74 Å². The lowest BCUT2D eigenvalue weighted by Gasteiger charge is -2.07. The number of nitrogens with zero attached hydrogens (tertiary/aromatic N) is 3. The molecule has 8 nitrogen and oxygen atoms in total. The summed E-state index contributed by atoms with van der Waals surface area (Å²) in [6, 6.07) is 7.26. The van der Waals surface area contributed by atoms with Gasteiger partial charge in [-0.15, -0.1) is 5.10 Å². The van der Waals surface area contributed by atoms with Crippen molar-refractivity contribution in [2.24, 2.45) is 0 Å². The van der Waals surface area contributed by atoms with E-state index in [9.17, 15) is 4.79 Å². The third-order valence-electron chi connectivity index (χ3n) is 3.69. The van der Waals surface area contributed by atoms with Crippen LogP contribution in [0.15, 0.2) is 28.8 Å². The average molecular weight is 342 g/mol. The molecule has 0 radical (unpaired) electrons. The van der Waals surface area contributed by atoms with Crippen LogP contribution in [0.5, 0.6) is 5.75 Å². The van der Waals surface area contributed by atoms with Gasteiger partial charge in [0, 0.05) is 5.56 Å². The number of carbonyl (C=O) groups excluding carboxylic acids is 1. The molecule has 25 heavy (non-hydrogen) atoms. The Morgan fingerprint density at radius 2 is 2.12 bits per heavy atom. The van der Waals surface area contributed by atoms with Gasteiger partial charge in [-0.3, -0.25) is 0 Å². The molecule has 0 unspecified atom stereocenters. The summed E-state index contributed by atoms with van der Waals surface area (Å²) in [5, 5.41) is 14.3. The van der Waals surface area contributed by atoms with E-state index in [1.54, 1.807) is 13.0 Å². The van der Waals surface area contributed by atoms with Gasteiger partial charge < -0.3 is 14.0 Å². The zero-order valence-electron chi connectivity index (χ0n) is 14.2. The zero-order chi connectivity index (χ0) is 17.8. The highest BCUT2D eigenvalue weighted by Gasteiger charge is 2.19. The SMILES string of the molecule is CCOC(=O)c1n[nH]nc1-c1cccc(OCc2c(C)noc2C)c1. The molecule has 0 amide bonds. The number of aromatic nitrogens is 4. The summed E-state index contributed by atoms with van der Waals surface area (Å²) in [7, 11) is 0. The highest BCUT2D eigenvalue weighted by atomic mass is 16.5. The molecule has 1 aromatic carbocycles. The zero-order valence-corrected chi connectivity index (χ0v) is 14.2. The van der Waals surface area contributed by atoms with E-state index in [1.807, 2.05) is 32.0 Å². The summed E-state index contributed by atoms with van der Waals surface area (Å²) in [6.45, 7) is 6.06. The number of nitrogens with one attached hydrogen (secondary N) is 1. The van der Waals surface area contributed by atoms with Gasteiger partial charge in [0.1, 0.15) is 23.8 Å². The lowest BCUT2D eigenvalue weighted by molar-refractivity contribution is 0.0520. The summed E-state index contributed by atoms with van der Waals surface area (Å²) in [5.41, 5.74) is 2.98. The smallest absolute Gasteiger partial charge is 0.361 e. The Bertz CT molecular complexity index is 865. The second-order valence-corrected chi connectivity index (χ2v) is 5.36. The third kappa shape index (κ3) is 3.52. The number of H-pyrrole nitrogens is 1. The van der Waals surface area contributed by atoms with Gasteiger partial charge >= 0.3 is 5.97 Å². The summed E-state index contributed by atoms with van der Waals surface area (Å²) in [6.07, 6.45) is 0. The quantitative estimate of drug-likeness (QED) is 0.687. The first-order chi connectivity index (χ1) is 12.1. The summed E-state index contributed by atoms with van der Waals surface area (Å²) < 4.78 is 15.9. The van der Waals surface area contributed by atoms with Crippen molar-refractivity contribution in [2.75, 3.05) is 6.61 Å². The fourth-order valence-corrected chi connectivity index (χ4v) is 2.37. The van der Waals surface area contributed by atoms with Gasteiger partial charge in [0.15, 0.2) is 5.69 Å².